The summed E-state index contributed by atoms with van der Waals surface area (Å²) in [5.74, 6) is -0.275. The highest BCUT2D eigenvalue weighted by molar-refractivity contribution is 6.03. The first-order valence-corrected chi connectivity index (χ1v) is 7.42. The molecule has 4 aromatic carbocycles. The lowest BCUT2D eigenvalue weighted by Crippen LogP contribution is -1.94. The third-order valence-corrected chi connectivity index (χ3v) is 4.05. The van der Waals surface area contributed by atoms with Gasteiger partial charge in [-0.3, -0.25) is 0 Å². The van der Waals surface area contributed by atoms with Gasteiger partial charge < -0.3 is 15.5 Å². The topological polar surface area (TPSA) is 52.5 Å². The summed E-state index contributed by atoms with van der Waals surface area (Å²) in [7, 11) is 0. The van der Waals surface area contributed by atoms with Crippen molar-refractivity contribution in [1.29, 1.82) is 0 Å². The fraction of sp³-hybridized carbons (Fsp3) is 0. The molecule has 3 N–H and O–H groups in total. The van der Waals surface area contributed by atoms with Crippen LogP contribution in [0.1, 0.15) is 0 Å². The number of anilines is 2. The number of phenols is 2. The molecule has 0 aliphatic heterocycles. The Bertz CT molecular complexity index is 1020. The molecular formula is C20H15NO2. The molecule has 0 saturated carbocycles. The largest absolute Gasteiger partial charge is 0.504 e. The second-order valence-corrected chi connectivity index (χ2v) is 5.49. The molecule has 0 aliphatic rings. The molecule has 0 fully saturated rings. The second-order valence-electron chi connectivity index (χ2n) is 5.49. The molecule has 4 aromatic rings. The molecule has 0 radical (unpaired) electrons. The van der Waals surface area contributed by atoms with Crippen LogP contribution in [0.5, 0.6) is 11.5 Å². The number of hydrogen-bond acceptors (Lipinski definition) is 3. The van der Waals surface area contributed by atoms with Gasteiger partial charge in [0.2, 0.25) is 0 Å². The summed E-state index contributed by atoms with van der Waals surface area (Å²) in [5.41, 5.74) is 1.39. The maximum absolute atomic E-state index is 10.3. The van der Waals surface area contributed by atoms with Crippen molar-refractivity contribution in [1.82, 2.24) is 0 Å². The summed E-state index contributed by atoms with van der Waals surface area (Å²) in [6, 6.07) is 23.2. The first-order valence-electron chi connectivity index (χ1n) is 7.42. The molecule has 0 heterocycles. The lowest BCUT2D eigenvalue weighted by molar-refractivity contribution is 0.406. The van der Waals surface area contributed by atoms with Crippen molar-refractivity contribution >= 4 is 32.9 Å². The van der Waals surface area contributed by atoms with Crippen molar-refractivity contribution in [3.8, 4) is 11.5 Å². The average molecular weight is 301 g/mol. The van der Waals surface area contributed by atoms with Gasteiger partial charge >= 0.3 is 0 Å². The van der Waals surface area contributed by atoms with E-state index in [1.165, 1.54) is 0 Å². The van der Waals surface area contributed by atoms with Crippen LogP contribution < -0.4 is 5.32 Å². The highest BCUT2D eigenvalue weighted by Gasteiger charge is 2.13. The fourth-order valence-corrected chi connectivity index (χ4v) is 2.92. The number of hydrogen-bond donors (Lipinski definition) is 3. The van der Waals surface area contributed by atoms with Crippen molar-refractivity contribution in [3.63, 3.8) is 0 Å². The van der Waals surface area contributed by atoms with E-state index in [0.717, 1.165) is 27.2 Å². The van der Waals surface area contributed by atoms with Gasteiger partial charge in [0.1, 0.15) is 0 Å². The minimum absolute atomic E-state index is 0.133. The van der Waals surface area contributed by atoms with Crippen LogP contribution in [-0.2, 0) is 0 Å². The Kier molecular flexibility index (Phi) is 3.05. The normalized spacial score (nSPS) is 11.0. The van der Waals surface area contributed by atoms with Crippen molar-refractivity contribution in [2.75, 3.05) is 5.32 Å². The summed E-state index contributed by atoms with van der Waals surface area (Å²) in [6.45, 7) is 0. The van der Waals surface area contributed by atoms with E-state index in [9.17, 15) is 10.2 Å². The van der Waals surface area contributed by atoms with Crippen LogP contribution in [0.15, 0.2) is 72.8 Å². The van der Waals surface area contributed by atoms with E-state index in [1.807, 2.05) is 66.7 Å². The van der Waals surface area contributed by atoms with Gasteiger partial charge in [-0.15, -0.1) is 0 Å². The molecular weight excluding hydrogens is 286 g/mol. The Morgan fingerprint density at radius 1 is 0.652 bits per heavy atom. The zero-order valence-electron chi connectivity index (χ0n) is 12.3. The Hall–Kier alpha value is -3.20. The van der Waals surface area contributed by atoms with Gasteiger partial charge in [0.25, 0.3) is 0 Å². The molecule has 0 aliphatic carbocycles. The quantitative estimate of drug-likeness (QED) is 0.449. The van der Waals surface area contributed by atoms with Crippen LogP contribution in [0.4, 0.5) is 11.4 Å². The number of nitrogens with one attached hydrogen (secondary N) is 1. The lowest BCUT2D eigenvalue weighted by Gasteiger charge is -2.15. The maximum atomic E-state index is 10.3. The van der Waals surface area contributed by atoms with Crippen LogP contribution in [0, 0.1) is 0 Å². The molecule has 0 bridgehead atoms. The van der Waals surface area contributed by atoms with Crippen LogP contribution in [0.3, 0.4) is 0 Å². The predicted molar refractivity (Wildman–Crippen MR) is 94.5 cm³/mol. The standard InChI is InChI=1S/C20H15NO2/c22-18-12-14-7-2-4-10-16(14)19(20(18)23)21-17-11-5-8-13-6-1-3-9-15(13)17/h1-12,21-23H. The molecule has 0 atom stereocenters. The molecule has 0 saturated heterocycles. The Balaban J connectivity index is 1.94. The molecule has 23 heavy (non-hydrogen) atoms. The summed E-state index contributed by atoms with van der Waals surface area (Å²) in [5, 5.41) is 27.5. The highest BCUT2D eigenvalue weighted by Crippen LogP contribution is 2.42. The number of phenolic OH excluding ortho intramolecular Hbond substituents is 2. The van der Waals surface area contributed by atoms with Gasteiger partial charge in [-0.1, -0.05) is 60.7 Å². The number of benzene rings is 4. The zero-order valence-corrected chi connectivity index (χ0v) is 12.3. The van der Waals surface area contributed by atoms with Gasteiger partial charge in [0.15, 0.2) is 11.5 Å². The molecule has 112 valence electrons. The maximum Gasteiger partial charge on any atom is 0.182 e. The van der Waals surface area contributed by atoms with E-state index in [4.69, 9.17) is 0 Å². The third-order valence-electron chi connectivity index (χ3n) is 4.05. The second kappa shape index (κ2) is 5.21. The summed E-state index contributed by atoms with van der Waals surface area (Å²) >= 11 is 0. The smallest absolute Gasteiger partial charge is 0.182 e. The Morgan fingerprint density at radius 2 is 1.30 bits per heavy atom. The van der Waals surface area contributed by atoms with E-state index in [0.29, 0.717) is 5.69 Å². The van der Waals surface area contributed by atoms with Gasteiger partial charge in [-0.25, -0.2) is 0 Å². The highest BCUT2D eigenvalue weighted by atomic mass is 16.3. The monoisotopic (exact) mass is 301 g/mol. The van der Waals surface area contributed by atoms with Crippen LogP contribution in [0.2, 0.25) is 0 Å². The van der Waals surface area contributed by atoms with Crippen molar-refractivity contribution < 1.29 is 10.2 Å². The molecule has 0 aromatic heterocycles. The van der Waals surface area contributed by atoms with Crippen molar-refractivity contribution in [3.05, 3.63) is 72.8 Å². The minimum Gasteiger partial charge on any atom is -0.504 e. The first kappa shape index (κ1) is 13.5. The summed E-state index contributed by atoms with van der Waals surface area (Å²) < 4.78 is 0. The van der Waals surface area contributed by atoms with Crippen LogP contribution in [0.25, 0.3) is 21.5 Å². The van der Waals surface area contributed by atoms with E-state index < -0.39 is 0 Å². The molecule has 0 unspecified atom stereocenters. The van der Waals surface area contributed by atoms with Crippen molar-refractivity contribution in [2.24, 2.45) is 0 Å². The van der Waals surface area contributed by atoms with Gasteiger partial charge in [0, 0.05) is 16.5 Å². The third kappa shape index (κ3) is 2.23. The Labute approximate surface area is 133 Å². The molecule has 0 amide bonds. The SMILES string of the molecule is Oc1cc2ccccc2c(Nc2cccc3ccccc23)c1O. The van der Waals surface area contributed by atoms with Crippen molar-refractivity contribution in [2.45, 2.75) is 0 Å². The van der Waals surface area contributed by atoms with E-state index in [2.05, 4.69) is 5.32 Å². The number of aromatic hydroxyl groups is 2. The van der Waals surface area contributed by atoms with Crippen LogP contribution >= 0.6 is 0 Å². The van der Waals surface area contributed by atoms with Gasteiger partial charge in [-0.2, -0.15) is 0 Å². The lowest BCUT2D eigenvalue weighted by atomic mass is 10.1. The van der Waals surface area contributed by atoms with Gasteiger partial charge in [0.05, 0.1) is 5.69 Å². The van der Waals surface area contributed by atoms with Gasteiger partial charge in [-0.05, 0) is 22.9 Å². The van der Waals surface area contributed by atoms with E-state index >= 15 is 0 Å². The first-order chi connectivity index (χ1) is 11.2. The molecule has 3 nitrogen and oxygen atoms in total. The zero-order chi connectivity index (χ0) is 15.8. The summed E-state index contributed by atoms with van der Waals surface area (Å²) in [6.07, 6.45) is 0. The Morgan fingerprint density at radius 3 is 2.13 bits per heavy atom. The minimum atomic E-state index is -0.142. The fourth-order valence-electron chi connectivity index (χ4n) is 2.92. The number of rotatable bonds is 2. The van der Waals surface area contributed by atoms with E-state index in [-0.39, 0.29) is 11.5 Å². The predicted octanol–water partition coefficient (Wildman–Crippen LogP) is 5.15. The average Bonchev–Trinajstić information content (AvgIpc) is 2.59. The summed E-state index contributed by atoms with van der Waals surface area (Å²) in [4.78, 5) is 0. The molecule has 3 heteroatoms. The molecule has 4 rings (SSSR count). The number of fused-ring (bicyclic) bond motifs is 2. The van der Waals surface area contributed by atoms with Crippen LogP contribution in [-0.4, -0.2) is 10.2 Å². The molecule has 0 spiro atoms. The van der Waals surface area contributed by atoms with E-state index in [1.54, 1.807) is 6.07 Å².